The smallest absolute Gasteiger partial charge is 0.170 e. The first-order valence-electron chi connectivity index (χ1n) is 11.4. The molecule has 0 saturated carbocycles. The van der Waals surface area contributed by atoms with Gasteiger partial charge in [-0.2, -0.15) is 0 Å². The van der Waals surface area contributed by atoms with E-state index < -0.39 is 0 Å². The van der Waals surface area contributed by atoms with E-state index in [1.165, 1.54) is 17.0 Å². The van der Waals surface area contributed by atoms with Crippen LogP contribution in [0.3, 0.4) is 0 Å². The fraction of sp³-hybridized carbons (Fsp3) is 0.583. The molecular formula is C24H35N5OS. The molecule has 0 aromatic carbocycles. The molecule has 0 spiro atoms. The number of nitrogens with zero attached hydrogens (tertiary/aromatic N) is 4. The molecule has 2 saturated heterocycles. The van der Waals surface area contributed by atoms with Gasteiger partial charge in [-0.15, -0.1) is 0 Å². The van der Waals surface area contributed by atoms with Gasteiger partial charge in [0.1, 0.15) is 0 Å². The molecule has 0 radical (unpaired) electrons. The Balaban J connectivity index is 1.61. The Labute approximate surface area is 191 Å². The summed E-state index contributed by atoms with van der Waals surface area (Å²) in [7, 11) is 0. The zero-order chi connectivity index (χ0) is 22.0. The number of pyridine rings is 1. The van der Waals surface area contributed by atoms with Crippen molar-refractivity contribution in [3.63, 3.8) is 0 Å². The molecule has 2 fully saturated rings. The van der Waals surface area contributed by atoms with E-state index in [1.54, 1.807) is 0 Å². The SMILES string of the molecule is Cc1cc([C@@H]2[C@@H](c3ccccn3)NC(=S)N2CCCN2CCOCC2)c(C)n1C(C)C. The van der Waals surface area contributed by atoms with Crippen molar-refractivity contribution in [2.24, 2.45) is 0 Å². The highest BCUT2D eigenvalue weighted by Gasteiger charge is 2.41. The van der Waals surface area contributed by atoms with E-state index in [1.807, 2.05) is 12.3 Å². The van der Waals surface area contributed by atoms with Gasteiger partial charge in [0.2, 0.25) is 0 Å². The number of thiocarbonyl (C=S) groups is 1. The van der Waals surface area contributed by atoms with Crippen molar-refractivity contribution < 1.29 is 4.74 Å². The number of ether oxygens (including phenoxy) is 1. The molecule has 1 N–H and O–H groups in total. The number of aryl methyl sites for hydroxylation is 1. The van der Waals surface area contributed by atoms with E-state index in [2.05, 4.69) is 70.6 Å². The lowest BCUT2D eigenvalue weighted by atomic mass is 9.96. The van der Waals surface area contributed by atoms with Crippen LogP contribution in [-0.4, -0.2) is 63.9 Å². The Morgan fingerprint density at radius 2 is 1.97 bits per heavy atom. The van der Waals surface area contributed by atoms with Gasteiger partial charge in [0.25, 0.3) is 0 Å². The molecule has 2 aliphatic rings. The van der Waals surface area contributed by atoms with Gasteiger partial charge in [0.15, 0.2) is 5.11 Å². The van der Waals surface area contributed by atoms with Crippen molar-refractivity contribution in [2.75, 3.05) is 39.4 Å². The molecule has 4 rings (SSSR count). The van der Waals surface area contributed by atoms with Gasteiger partial charge in [-0.3, -0.25) is 9.88 Å². The van der Waals surface area contributed by atoms with Crippen molar-refractivity contribution in [2.45, 2.75) is 52.2 Å². The van der Waals surface area contributed by atoms with Gasteiger partial charge < -0.3 is 19.5 Å². The predicted octanol–water partition coefficient (Wildman–Crippen LogP) is 3.78. The molecule has 0 amide bonds. The van der Waals surface area contributed by atoms with Crippen LogP contribution in [0.15, 0.2) is 30.5 Å². The van der Waals surface area contributed by atoms with Crippen LogP contribution in [0, 0.1) is 13.8 Å². The van der Waals surface area contributed by atoms with Crippen molar-refractivity contribution >= 4 is 17.3 Å². The number of morpholine rings is 1. The Morgan fingerprint density at radius 3 is 2.61 bits per heavy atom. The molecule has 4 heterocycles. The topological polar surface area (TPSA) is 45.6 Å². The summed E-state index contributed by atoms with van der Waals surface area (Å²) in [5.41, 5.74) is 5.01. The van der Waals surface area contributed by atoms with E-state index in [9.17, 15) is 0 Å². The summed E-state index contributed by atoms with van der Waals surface area (Å²) in [5.74, 6) is 0. The summed E-state index contributed by atoms with van der Waals surface area (Å²) in [6.07, 6.45) is 2.95. The number of hydrogen-bond donors (Lipinski definition) is 1. The molecule has 0 bridgehead atoms. The number of nitrogens with one attached hydrogen (secondary N) is 1. The highest BCUT2D eigenvalue weighted by molar-refractivity contribution is 7.80. The first kappa shape index (κ1) is 22.2. The third-order valence-corrected chi connectivity index (χ3v) is 6.89. The third kappa shape index (κ3) is 4.64. The van der Waals surface area contributed by atoms with Crippen LogP contribution in [0.25, 0.3) is 0 Å². The Hall–Kier alpha value is -1.96. The maximum Gasteiger partial charge on any atom is 0.170 e. The highest BCUT2D eigenvalue weighted by atomic mass is 32.1. The molecule has 0 aliphatic carbocycles. The fourth-order valence-electron chi connectivity index (χ4n) is 5.17. The average molecular weight is 442 g/mol. The molecule has 168 valence electrons. The number of rotatable bonds is 7. The van der Waals surface area contributed by atoms with Gasteiger partial charge in [-0.25, -0.2) is 0 Å². The Bertz CT molecular complexity index is 891. The van der Waals surface area contributed by atoms with E-state index in [4.69, 9.17) is 17.0 Å². The van der Waals surface area contributed by atoms with Crippen LogP contribution in [0.2, 0.25) is 0 Å². The maximum atomic E-state index is 5.85. The van der Waals surface area contributed by atoms with Crippen LogP contribution in [0.5, 0.6) is 0 Å². The summed E-state index contributed by atoms with van der Waals surface area (Å²) in [6, 6.07) is 9.10. The molecule has 7 heteroatoms. The van der Waals surface area contributed by atoms with Gasteiger partial charge in [0.05, 0.1) is 31.0 Å². The van der Waals surface area contributed by atoms with E-state index in [0.29, 0.717) is 6.04 Å². The third-order valence-electron chi connectivity index (χ3n) is 6.53. The summed E-state index contributed by atoms with van der Waals surface area (Å²) in [4.78, 5) is 9.56. The first-order valence-corrected chi connectivity index (χ1v) is 11.8. The Morgan fingerprint density at radius 1 is 1.19 bits per heavy atom. The predicted molar refractivity (Wildman–Crippen MR) is 128 cm³/mol. The quantitative estimate of drug-likeness (QED) is 0.660. The van der Waals surface area contributed by atoms with Gasteiger partial charge in [-0.05, 0) is 70.1 Å². The van der Waals surface area contributed by atoms with E-state index in [0.717, 1.165) is 56.6 Å². The van der Waals surface area contributed by atoms with Gasteiger partial charge in [0, 0.05) is 49.8 Å². The van der Waals surface area contributed by atoms with E-state index >= 15 is 0 Å². The number of aromatic nitrogens is 2. The second-order valence-corrected chi connectivity index (χ2v) is 9.30. The molecule has 2 aliphatic heterocycles. The summed E-state index contributed by atoms with van der Waals surface area (Å²) in [6.45, 7) is 14.7. The highest BCUT2D eigenvalue weighted by Crippen LogP contribution is 2.41. The normalized spacial score (nSPS) is 22.4. The van der Waals surface area contributed by atoms with Crippen molar-refractivity contribution in [3.05, 3.63) is 53.1 Å². The lowest BCUT2D eigenvalue weighted by Gasteiger charge is -2.30. The summed E-state index contributed by atoms with van der Waals surface area (Å²) < 4.78 is 7.92. The van der Waals surface area contributed by atoms with Crippen molar-refractivity contribution in [3.8, 4) is 0 Å². The van der Waals surface area contributed by atoms with Crippen molar-refractivity contribution in [1.82, 2.24) is 24.7 Å². The minimum atomic E-state index is 0.0539. The van der Waals surface area contributed by atoms with Crippen molar-refractivity contribution in [1.29, 1.82) is 0 Å². The maximum absolute atomic E-state index is 5.85. The summed E-state index contributed by atoms with van der Waals surface area (Å²) >= 11 is 5.85. The zero-order valence-corrected chi connectivity index (χ0v) is 20.0. The molecule has 2 aromatic heterocycles. The van der Waals surface area contributed by atoms with E-state index in [-0.39, 0.29) is 12.1 Å². The molecule has 31 heavy (non-hydrogen) atoms. The minimum Gasteiger partial charge on any atom is -0.379 e. The second kappa shape index (κ2) is 9.67. The fourth-order valence-corrected chi connectivity index (χ4v) is 5.50. The summed E-state index contributed by atoms with van der Waals surface area (Å²) in [5, 5.41) is 4.42. The number of hydrogen-bond acceptors (Lipinski definition) is 4. The van der Waals surface area contributed by atoms with Crippen LogP contribution >= 0.6 is 12.2 Å². The zero-order valence-electron chi connectivity index (χ0n) is 19.2. The van der Waals surface area contributed by atoms with Gasteiger partial charge in [-0.1, -0.05) is 6.07 Å². The van der Waals surface area contributed by atoms with Crippen LogP contribution in [-0.2, 0) is 4.74 Å². The molecule has 2 aromatic rings. The standard InChI is InChI=1S/C24H35N5OS/c1-17(2)29-18(3)16-20(19(29)4)23-22(21-8-5-6-9-25-21)26-24(31)28(23)11-7-10-27-12-14-30-15-13-27/h5-6,8-9,16-17,22-23H,7,10-15H2,1-4H3,(H,26,31)/t22-,23-/m1/s1. The first-order chi connectivity index (χ1) is 15.0. The lowest BCUT2D eigenvalue weighted by molar-refractivity contribution is 0.0365. The Kier molecular flexibility index (Phi) is 6.94. The molecular weight excluding hydrogens is 406 g/mol. The molecule has 0 unspecified atom stereocenters. The monoisotopic (exact) mass is 441 g/mol. The molecule has 2 atom stereocenters. The average Bonchev–Trinajstić information content (AvgIpc) is 3.25. The van der Waals surface area contributed by atoms with Crippen LogP contribution in [0.4, 0.5) is 0 Å². The molecule has 6 nitrogen and oxygen atoms in total. The van der Waals surface area contributed by atoms with Crippen LogP contribution in [0.1, 0.15) is 61.0 Å². The lowest BCUT2D eigenvalue weighted by Crippen LogP contribution is -2.39. The van der Waals surface area contributed by atoms with Gasteiger partial charge >= 0.3 is 0 Å². The van der Waals surface area contributed by atoms with Crippen LogP contribution < -0.4 is 5.32 Å². The minimum absolute atomic E-state index is 0.0539. The largest absolute Gasteiger partial charge is 0.379 e. The second-order valence-electron chi connectivity index (χ2n) is 8.92.